The van der Waals surface area contributed by atoms with Crippen molar-refractivity contribution in [3.63, 3.8) is 0 Å². The van der Waals surface area contributed by atoms with E-state index >= 15 is 0 Å². The highest BCUT2D eigenvalue weighted by Crippen LogP contribution is 2.21. The van der Waals surface area contributed by atoms with Crippen molar-refractivity contribution in [2.24, 2.45) is 7.05 Å². The third-order valence-corrected chi connectivity index (χ3v) is 4.37. The van der Waals surface area contributed by atoms with Crippen LogP contribution in [0.2, 0.25) is 5.02 Å². The second-order valence-electron chi connectivity index (χ2n) is 5.74. The quantitative estimate of drug-likeness (QED) is 0.776. The van der Waals surface area contributed by atoms with E-state index in [2.05, 4.69) is 15.5 Å². The number of halogens is 2. The Hall–Kier alpha value is -2.67. The molecule has 0 aliphatic heterocycles. The molecule has 1 atom stereocenters. The molecule has 0 fully saturated rings. The van der Waals surface area contributed by atoms with Crippen LogP contribution in [0, 0.1) is 12.7 Å². The van der Waals surface area contributed by atoms with Crippen molar-refractivity contribution in [3.8, 4) is 5.69 Å². The monoisotopic (exact) mass is 361 g/mol. The summed E-state index contributed by atoms with van der Waals surface area (Å²) in [6, 6.07) is 6.02. The first-order valence-electron chi connectivity index (χ1n) is 7.68. The van der Waals surface area contributed by atoms with Gasteiger partial charge in [-0.25, -0.2) is 9.07 Å². The molecule has 1 aromatic carbocycles. The average Bonchev–Trinajstić information content (AvgIpc) is 3.13. The zero-order valence-electron chi connectivity index (χ0n) is 14.0. The Morgan fingerprint density at radius 2 is 2.08 bits per heavy atom. The molecule has 0 bridgehead atoms. The van der Waals surface area contributed by atoms with E-state index in [4.69, 9.17) is 11.6 Å². The van der Waals surface area contributed by atoms with E-state index in [1.165, 1.54) is 15.4 Å². The zero-order valence-corrected chi connectivity index (χ0v) is 14.8. The van der Waals surface area contributed by atoms with E-state index in [-0.39, 0.29) is 17.8 Å². The van der Waals surface area contributed by atoms with Gasteiger partial charge in [0.25, 0.3) is 5.91 Å². The van der Waals surface area contributed by atoms with Gasteiger partial charge in [-0.05, 0) is 26.0 Å². The zero-order chi connectivity index (χ0) is 18.1. The van der Waals surface area contributed by atoms with E-state index < -0.39 is 0 Å². The Kier molecular flexibility index (Phi) is 4.59. The van der Waals surface area contributed by atoms with Crippen LogP contribution in [0.1, 0.15) is 34.7 Å². The van der Waals surface area contributed by atoms with E-state index in [9.17, 15) is 9.18 Å². The Morgan fingerprint density at radius 1 is 1.36 bits per heavy atom. The van der Waals surface area contributed by atoms with Gasteiger partial charge in [0.1, 0.15) is 17.2 Å². The Balaban J connectivity index is 1.79. The summed E-state index contributed by atoms with van der Waals surface area (Å²) < 4.78 is 16.7. The van der Waals surface area contributed by atoms with Gasteiger partial charge in [-0.1, -0.05) is 23.7 Å². The van der Waals surface area contributed by atoms with Gasteiger partial charge in [0.2, 0.25) is 0 Å². The molecule has 0 aliphatic rings. The third-order valence-electron chi connectivity index (χ3n) is 3.91. The maximum absolute atomic E-state index is 13.9. The molecule has 3 aromatic rings. The standard InChI is InChI=1S/C17H17ClFN5O/c1-10(21-17(25)16-15(18)11(2)22-23(16)3)12-8-20-24(9-12)14-7-5-4-6-13(14)19/h4-10H,1-3H3,(H,21,25)/t10-/m0/s1. The molecule has 2 aromatic heterocycles. The molecule has 8 heteroatoms. The van der Waals surface area contributed by atoms with Crippen LogP contribution >= 0.6 is 11.6 Å². The summed E-state index contributed by atoms with van der Waals surface area (Å²) in [5, 5.41) is 11.5. The summed E-state index contributed by atoms with van der Waals surface area (Å²) in [5.74, 6) is -0.703. The molecule has 6 nitrogen and oxygen atoms in total. The van der Waals surface area contributed by atoms with Gasteiger partial charge >= 0.3 is 0 Å². The van der Waals surface area contributed by atoms with Gasteiger partial charge < -0.3 is 5.32 Å². The minimum absolute atomic E-state index is 0.299. The fraction of sp³-hybridized carbons (Fsp3) is 0.235. The van der Waals surface area contributed by atoms with Crippen LogP contribution in [0.4, 0.5) is 4.39 Å². The molecule has 0 unspecified atom stereocenters. The number of hydrogen-bond acceptors (Lipinski definition) is 3. The fourth-order valence-corrected chi connectivity index (χ4v) is 2.80. The van der Waals surface area contributed by atoms with E-state index in [1.807, 2.05) is 6.92 Å². The second kappa shape index (κ2) is 6.68. The van der Waals surface area contributed by atoms with Crippen molar-refractivity contribution >= 4 is 17.5 Å². The molecule has 130 valence electrons. The fourth-order valence-electron chi connectivity index (χ4n) is 2.56. The van der Waals surface area contributed by atoms with Crippen LogP contribution < -0.4 is 5.32 Å². The first kappa shape index (κ1) is 17.2. The van der Waals surface area contributed by atoms with Gasteiger partial charge in [0, 0.05) is 18.8 Å². The summed E-state index contributed by atoms with van der Waals surface area (Å²) in [4.78, 5) is 12.5. The normalized spacial score (nSPS) is 12.2. The summed E-state index contributed by atoms with van der Waals surface area (Å²) in [6.45, 7) is 3.55. The smallest absolute Gasteiger partial charge is 0.271 e. The Labute approximate surface area is 149 Å². The number of benzene rings is 1. The van der Waals surface area contributed by atoms with Crippen LogP contribution in [0.25, 0.3) is 5.69 Å². The number of aromatic nitrogens is 4. The number of nitrogens with one attached hydrogen (secondary N) is 1. The molecule has 1 N–H and O–H groups in total. The second-order valence-corrected chi connectivity index (χ2v) is 6.11. The van der Waals surface area contributed by atoms with Crippen LogP contribution in [0.3, 0.4) is 0 Å². The van der Waals surface area contributed by atoms with Crippen molar-refractivity contribution in [1.29, 1.82) is 0 Å². The maximum atomic E-state index is 13.9. The molecule has 25 heavy (non-hydrogen) atoms. The first-order chi connectivity index (χ1) is 11.9. The van der Waals surface area contributed by atoms with Crippen LogP contribution in [-0.2, 0) is 7.05 Å². The molecule has 3 rings (SSSR count). The minimum Gasteiger partial charge on any atom is -0.344 e. The molecular formula is C17H17ClFN5O. The SMILES string of the molecule is Cc1nn(C)c(C(=O)N[C@@H](C)c2cnn(-c3ccccc3F)c2)c1Cl. The first-order valence-corrected chi connectivity index (χ1v) is 8.05. The highest BCUT2D eigenvalue weighted by atomic mass is 35.5. The lowest BCUT2D eigenvalue weighted by atomic mass is 10.2. The number of nitrogens with zero attached hydrogens (tertiary/aromatic N) is 4. The molecule has 2 heterocycles. The number of carbonyl (C=O) groups excluding carboxylic acids is 1. The van der Waals surface area contributed by atoms with Crippen LogP contribution in [-0.4, -0.2) is 25.5 Å². The molecule has 1 amide bonds. The topological polar surface area (TPSA) is 64.7 Å². The molecular weight excluding hydrogens is 345 g/mol. The highest BCUT2D eigenvalue weighted by Gasteiger charge is 2.21. The Bertz CT molecular complexity index is 933. The van der Waals surface area contributed by atoms with E-state index in [0.717, 1.165) is 5.56 Å². The van der Waals surface area contributed by atoms with Crippen LogP contribution in [0.15, 0.2) is 36.7 Å². The van der Waals surface area contributed by atoms with Crippen molar-refractivity contribution < 1.29 is 9.18 Å². The molecule has 0 saturated heterocycles. The lowest BCUT2D eigenvalue weighted by molar-refractivity contribution is 0.0930. The number of amides is 1. The van der Waals surface area contributed by atoms with E-state index in [0.29, 0.717) is 22.1 Å². The third kappa shape index (κ3) is 3.28. The van der Waals surface area contributed by atoms with Crippen LogP contribution in [0.5, 0.6) is 0 Å². The minimum atomic E-state index is -0.369. The highest BCUT2D eigenvalue weighted by molar-refractivity contribution is 6.34. The van der Waals surface area contributed by atoms with E-state index in [1.54, 1.807) is 44.6 Å². The van der Waals surface area contributed by atoms with Gasteiger partial charge in [-0.2, -0.15) is 10.2 Å². The molecule has 0 spiro atoms. The number of para-hydroxylation sites is 1. The lowest BCUT2D eigenvalue weighted by Crippen LogP contribution is -2.28. The van der Waals surface area contributed by atoms with Gasteiger partial charge in [-0.15, -0.1) is 0 Å². The molecule has 0 radical (unpaired) electrons. The summed E-state index contributed by atoms with van der Waals surface area (Å²) in [5.41, 5.74) is 1.98. The Morgan fingerprint density at radius 3 is 2.72 bits per heavy atom. The number of hydrogen-bond donors (Lipinski definition) is 1. The van der Waals surface area contributed by atoms with Gasteiger partial charge in [0.05, 0.1) is 23.0 Å². The molecule has 0 saturated carbocycles. The van der Waals surface area contributed by atoms with Crippen molar-refractivity contribution in [2.45, 2.75) is 19.9 Å². The summed E-state index contributed by atoms with van der Waals surface area (Å²) in [6.07, 6.45) is 3.27. The average molecular weight is 362 g/mol. The van der Waals surface area contributed by atoms with Crippen molar-refractivity contribution in [3.05, 3.63) is 64.5 Å². The summed E-state index contributed by atoms with van der Waals surface area (Å²) >= 11 is 6.14. The molecule has 0 aliphatic carbocycles. The predicted molar refractivity (Wildman–Crippen MR) is 92.4 cm³/mol. The number of aryl methyl sites for hydroxylation is 2. The maximum Gasteiger partial charge on any atom is 0.271 e. The predicted octanol–water partition coefficient (Wildman–Crippen LogP) is 3.20. The van der Waals surface area contributed by atoms with Crippen molar-refractivity contribution in [2.75, 3.05) is 0 Å². The van der Waals surface area contributed by atoms with Gasteiger partial charge in [-0.3, -0.25) is 9.48 Å². The summed E-state index contributed by atoms with van der Waals surface area (Å²) in [7, 11) is 1.66. The number of carbonyl (C=O) groups is 1. The number of rotatable bonds is 4. The lowest BCUT2D eigenvalue weighted by Gasteiger charge is -2.12. The largest absolute Gasteiger partial charge is 0.344 e. The van der Waals surface area contributed by atoms with Crippen molar-refractivity contribution in [1.82, 2.24) is 24.9 Å². The van der Waals surface area contributed by atoms with Gasteiger partial charge in [0.15, 0.2) is 0 Å².